The maximum atomic E-state index is 5.53. The van der Waals surface area contributed by atoms with Gasteiger partial charge in [-0.15, -0.1) is 0 Å². The highest BCUT2D eigenvalue weighted by Gasteiger charge is 2.24. The summed E-state index contributed by atoms with van der Waals surface area (Å²) in [5.41, 5.74) is 14.6. The molecule has 0 fully saturated rings. The Hall–Kier alpha value is -9.59. The third-order valence-electron chi connectivity index (χ3n) is 14.7. The molecule has 15 aromatic rings. The molecule has 0 bridgehead atoms. The molecule has 72 heavy (non-hydrogen) atoms. The van der Waals surface area contributed by atoms with Crippen LogP contribution in [-0.2, 0) is 13.1 Å². The first-order chi connectivity index (χ1) is 35.7. The smallest absolute Gasteiger partial charge is 0.163 e. The van der Waals surface area contributed by atoms with Gasteiger partial charge in [-0.05, 0) is 59.7 Å². The third kappa shape index (κ3) is 6.14. The molecular formula is C65H43N7. The fourth-order valence-electron chi connectivity index (χ4n) is 11.7. The minimum atomic E-state index is 0.420. The van der Waals surface area contributed by atoms with E-state index in [-0.39, 0.29) is 0 Å². The Kier molecular flexibility index (Phi) is 8.95. The second-order valence-electron chi connectivity index (χ2n) is 18.7. The van der Waals surface area contributed by atoms with E-state index in [1.54, 1.807) is 0 Å². The lowest BCUT2D eigenvalue weighted by atomic mass is 10.0. The molecule has 0 aliphatic carbocycles. The minimum absolute atomic E-state index is 0.420. The molecule has 0 saturated carbocycles. The van der Waals surface area contributed by atoms with E-state index in [1.807, 2.05) is 0 Å². The summed E-state index contributed by atoms with van der Waals surface area (Å²) in [6, 6.07) is 84.8. The molecule has 0 spiro atoms. The summed E-state index contributed by atoms with van der Waals surface area (Å²) in [6.45, 7) is 0.841. The number of aromatic nitrogens is 7. The topological polar surface area (TPSA) is 58.4 Å². The van der Waals surface area contributed by atoms with Gasteiger partial charge in [-0.2, -0.15) is 0 Å². The van der Waals surface area contributed by atoms with Gasteiger partial charge in [-0.25, -0.2) is 15.0 Å². The molecule has 0 aliphatic heterocycles. The largest absolute Gasteiger partial charge is 0.331 e. The number of nitrogens with zero attached hydrogens (tertiary/aromatic N) is 7. The van der Waals surface area contributed by atoms with Crippen molar-refractivity contribution in [2.45, 2.75) is 13.1 Å². The Morgan fingerprint density at radius 2 is 0.583 bits per heavy atom. The van der Waals surface area contributed by atoms with Crippen LogP contribution in [0.25, 0.3) is 121 Å². The molecule has 0 unspecified atom stereocenters. The van der Waals surface area contributed by atoms with Crippen LogP contribution < -0.4 is 0 Å². The minimum Gasteiger partial charge on any atom is -0.331 e. The van der Waals surface area contributed by atoms with Gasteiger partial charge in [-0.1, -0.05) is 188 Å². The van der Waals surface area contributed by atoms with Crippen LogP contribution in [0.3, 0.4) is 0 Å². The number of benzene rings is 10. The number of rotatable bonds is 8. The average molecular weight is 922 g/mol. The van der Waals surface area contributed by atoms with Crippen molar-refractivity contribution in [1.29, 1.82) is 0 Å². The van der Waals surface area contributed by atoms with Crippen LogP contribution in [0.4, 0.5) is 0 Å². The Morgan fingerprint density at radius 1 is 0.250 bits per heavy atom. The van der Waals surface area contributed by atoms with Gasteiger partial charge >= 0.3 is 0 Å². The van der Waals surface area contributed by atoms with E-state index in [9.17, 15) is 0 Å². The van der Waals surface area contributed by atoms with Crippen molar-refractivity contribution in [2.75, 3.05) is 0 Å². The van der Waals surface area contributed by atoms with Crippen LogP contribution in [0.15, 0.2) is 237 Å². The standard InChI is InChI=1S/C65H43N7/c1-4-18-42(19-5-1)43-32-34-44(35-33-43)65-67-59(40-69-55-28-14-10-24-47(55)51-36-38-53-49-26-12-16-30-57(49)71(63(53)61(51)69)45-20-6-2-7-21-45)66-60(68-65)41-70-56-29-15-11-25-48(56)52-37-39-54-50-27-13-17-31-58(50)72(64(54)62(52)70)46-22-8-3-9-23-46/h1-39H,40-41H2. The molecular weight excluding hydrogens is 879 g/mol. The van der Waals surface area contributed by atoms with E-state index in [0.29, 0.717) is 30.6 Å². The van der Waals surface area contributed by atoms with Gasteiger partial charge in [0.05, 0.1) is 46.2 Å². The monoisotopic (exact) mass is 921 g/mol. The van der Waals surface area contributed by atoms with Crippen LogP contribution in [0.1, 0.15) is 11.6 Å². The average Bonchev–Trinajstić information content (AvgIpc) is 4.17. The van der Waals surface area contributed by atoms with Gasteiger partial charge in [0, 0.05) is 71.1 Å². The maximum Gasteiger partial charge on any atom is 0.163 e. The van der Waals surface area contributed by atoms with Crippen LogP contribution in [-0.4, -0.2) is 33.2 Å². The van der Waals surface area contributed by atoms with Crippen LogP contribution in [0.2, 0.25) is 0 Å². The fourth-order valence-corrected chi connectivity index (χ4v) is 11.7. The summed E-state index contributed by atoms with van der Waals surface area (Å²) < 4.78 is 9.74. The Balaban J connectivity index is 0.982. The van der Waals surface area contributed by atoms with Gasteiger partial charge in [0.25, 0.3) is 0 Å². The lowest BCUT2D eigenvalue weighted by Crippen LogP contribution is -2.13. The highest BCUT2D eigenvalue weighted by atomic mass is 15.1. The highest BCUT2D eigenvalue weighted by Crippen LogP contribution is 2.43. The predicted molar refractivity (Wildman–Crippen MR) is 296 cm³/mol. The first-order valence-electron chi connectivity index (χ1n) is 24.6. The first-order valence-corrected chi connectivity index (χ1v) is 24.6. The van der Waals surface area contributed by atoms with E-state index in [0.717, 1.165) is 61.2 Å². The molecule has 338 valence electrons. The van der Waals surface area contributed by atoms with Gasteiger partial charge in [0.2, 0.25) is 0 Å². The molecule has 15 rings (SSSR count). The summed E-state index contributed by atoms with van der Waals surface area (Å²) in [7, 11) is 0. The van der Waals surface area contributed by atoms with Crippen LogP contribution in [0, 0.1) is 0 Å². The summed E-state index contributed by atoms with van der Waals surface area (Å²) in [6.07, 6.45) is 0. The summed E-state index contributed by atoms with van der Waals surface area (Å²) in [5, 5.41) is 9.58. The molecule has 5 heterocycles. The van der Waals surface area contributed by atoms with E-state index < -0.39 is 0 Å². The van der Waals surface area contributed by atoms with Gasteiger partial charge in [-0.3, -0.25) is 0 Å². The molecule has 5 aromatic heterocycles. The molecule has 0 N–H and O–H groups in total. The van der Waals surface area contributed by atoms with Crippen molar-refractivity contribution in [1.82, 2.24) is 33.2 Å². The quantitative estimate of drug-likeness (QED) is 0.153. The Labute approximate surface area is 413 Å². The zero-order valence-corrected chi connectivity index (χ0v) is 39.1. The lowest BCUT2D eigenvalue weighted by molar-refractivity contribution is 0.725. The zero-order chi connectivity index (χ0) is 47.3. The van der Waals surface area contributed by atoms with Crippen molar-refractivity contribution in [2.24, 2.45) is 0 Å². The van der Waals surface area contributed by atoms with E-state index in [2.05, 4.69) is 255 Å². The molecule has 0 aliphatic rings. The van der Waals surface area contributed by atoms with Crippen molar-refractivity contribution in [3.8, 4) is 33.9 Å². The van der Waals surface area contributed by atoms with Gasteiger partial charge in [0.15, 0.2) is 17.5 Å². The predicted octanol–water partition coefficient (Wildman–Crippen LogP) is 15.7. The number of fused-ring (bicyclic) bond motifs is 14. The van der Waals surface area contributed by atoms with E-state index >= 15 is 0 Å². The summed E-state index contributed by atoms with van der Waals surface area (Å²) in [4.78, 5) is 16.4. The highest BCUT2D eigenvalue weighted by molar-refractivity contribution is 6.24. The number of para-hydroxylation sites is 6. The molecule has 0 atom stereocenters. The zero-order valence-electron chi connectivity index (χ0n) is 39.1. The van der Waals surface area contributed by atoms with Crippen LogP contribution >= 0.6 is 0 Å². The normalized spacial score (nSPS) is 12.0. The van der Waals surface area contributed by atoms with Crippen molar-refractivity contribution >= 4 is 87.2 Å². The fraction of sp³-hybridized carbons (Fsp3) is 0.0308. The second-order valence-corrected chi connectivity index (χ2v) is 18.7. The molecule has 0 radical (unpaired) electrons. The summed E-state index contributed by atoms with van der Waals surface area (Å²) in [5.74, 6) is 2.02. The molecule has 0 saturated heterocycles. The molecule has 10 aromatic carbocycles. The van der Waals surface area contributed by atoms with Crippen molar-refractivity contribution in [3.05, 3.63) is 248 Å². The van der Waals surface area contributed by atoms with Gasteiger partial charge < -0.3 is 18.3 Å². The molecule has 7 heteroatoms. The van der Waals surface area contributed by atoms with Crippen molar-refractivity contribution in [3.63, 3.8) is 0 Å². The number of hydrogen-bond acceptors (Lipinski definition) is 3. The van der Waals surface area contributed by atoms with E-state index in [4.69, 9.17) is 15.0 Å². The summed E-state index contributed by atoms with van der Waals surface area (Å²) >= 11 is 0. The van der Waals surface area contributed by atoms with Gasteiger partial charge in [0.1, 0.15) is 0 Å². The lowest BCUT2D eigenvalue weighted by Gasteiger charge is -2.14. The van der Waals surface area contributed by atoms with Crippen LogP contribution in [0.5, 0.6) is 0 Å². The SMILES string of the molecule is c1ccc(-c2ccc(-c3nc(Cn4c5ccccc5c5ccc6c7ccccc7n(-c7ccccc7)c6c54)nc(Cn4c5ccccc5c5ccc6c7ccccc7n(-c7ccccc7)c6c54)n3)cc2)cc1. The van der Waals surface area contributed by atoms with E-state index in [1.165, 1.54) is 54.1 Å². The Bertz CT molecular complexity index is 4350. The number of hydrogen-bond donors (Lipinski definition) is 0. The Morgan fingerprint density at radius 3 is 1.03 bits per heavy atom. The first kappa shape index (κ1) is 40.3. The molecule has 7 nitrogen and oxygen atoms in total. The second kappa shape index (κ2) is 16.0. The van der Waals surface area contributed by atoms with Crippen molar-refractivity contribution < 1.29 is 0 Å². The molecule has 0 amide bonds. The third-order valence-corrected chi connectivity index (χ3v) is 14.7. The maximum absolute atomic E-state index is 5.53.